The van der Waals surface area contributed by atoms with E-state index in [1.165, 1.54) is 20.1 Å². The molecule has 17 heavy (non-hydrogen) atoms. The molecular weight excluding hydrogens is 218 g/mol. The van der Waals surface area contributed by atoms with Crippen molar-refractivity contribution in [3.8, 4) is 0 Å². The van der Waals surface area contributed by atoms with Crippen LogP contribution in [-0.2, 0) is 14.3 Å². The van der Waals surface area contributed by atoms with Crippen LogP contribution in [0.2, 0.25) is 0 Å². The third-order valence-corrected chi connectivity index (χ3v) is 2.21. The summed E-state index contributed by atoms with van der Waals surface area (Å²) < 4.78 is 4.56. The maximum atomic E-state index is 11.2. The average molecular weight is 233 g/mol. The Morgan fingerprint density at radius 2 is 1.94 bits per heavy atom. The van der Waals surface area contributed by atoms with Gasteiger partial charge in [-0.3, -0.25) is 4.79 Å². The van der Waals surface area contributed by atoms with Crippen LogP contribution in [0.1, 0.15) is 18.1 Å². The third-order valence-electron chi connectivity index (χ3n) is 2.21. The molecule has 0 saturated heterocycles. The van der Waals surface area contributed by atoms with Crippen LogP contribution in [-0.4, -0.2) is 19.0 Å². The SMILES string of the molecule is COC(=O)/C=C(\NC(C)=O)c1ccccc1C. The molecule has 1 N–H and O–H groups in total. The lowest BCUT2D eigenvalue weighted by Gasteiger charge is -2.10. The average Bonchev–Trinajstić information content (AvgIpc) is 2.28. The number of ether oxygens (including phenoxy) is 1. The zero-order valence-corrected chi connectivity index (χ0v) is 10.1. The largest absolute Gasteiger partial charge is 0.466 e. The van der Waals surface area contributed by atoms with Gasteiger partial charge in [-0.25, -0.2) is 4.79 Å². The lowest BCUT2D eigenvalue weighted by molar-refractivity contribution is -0.134. The molecule has 1 amide bonds. The van der Waals surface area contributed by atoms with E-state index in [-0.39, 0.29) is 5.91 Å². The molecule has 1 aromatic carbocycles. The van der Waals surface area contributed by atoms with Crippen LogP contribution in [0.15, 0.2) is 30.3 Å². The Hall–Kier alpha value is -2.10. The molecule has 1 aromatic rings. The highest BCUT2D eigenvalue weighted by Gasteiger charge is 2.08. The lowest BCUT2D eigenvalue weighted by atomic mass is 10.1. The Labute approximate surface area is 100 Å². The number of rotatable bonds is 3. The Balaban J connectivity index is 3.15. The summed E-state index contributed by atoms with van der Waals surface area (Å²) in [6, 6.07) is 7.47. The number of methoxy groups -OCH3 is 1. The normalized spacial score (nSPS) is 10.9. The van der Waals surface area contributed by atoms with Crippen LogP contribution in [0.5, 0.6) is 0 Å². The molecule has 90 valence electrons. The monoisotopic (exact) mass is 233 g/mol. The van der Waals surface area contributed by atoms with E-state index in [0.717, 1.165) is 11.1 Å². The van der Waals surface area contributed by atoms with Gasteiger partial charge in [-0.05, 0) is 12.5 Å². The first-order chi connectivity index (χ1) is 8.04. The molecule has 0 bridgehead atoms. The van der Waals surface area contributed by atoms with Gasteiger partial charge in [-0.1, -0.05) is 24.3 Å². The van der Waals surface area contributed by atoms with Gasteiger partial charge in [0.25, 0.3) is 0 Å². The van der Waals surface area contributed by atoms with E-state index in [1.807, 2.05) is 31.2 Å². The summed E-state index contributed by atoms with van der Waals surface area (Å²) in [5.41, 5.74) is 2.21. The van der Waals surface area contributed by atoms with Gasteiger partial charge in [0.1, 0.15) is 0 Å². The molecule has 0 aliphatic heterocycles. The number of aryl methyl sites for hydroxylation is 1. The first-order valence-electron chi connectivity index (χ1n) is 5.18. The molecule has 1 rings (SSSR count). The number of carbonyl (C=O) groups excluding carboxylic acids is 2. The van der Waals surface area contributed by atoms with Crippen molar-refractivity contribution in [2.24, 2.45) is 0 Å². The minimum absolute atomic E-state index is 0.233. The van der Waals surface area contributed by atoms with Gasteiger partial charge in [0.15, 0.2) is 0 Å². The smallest absolute Gasteiger partial charge is 0.332 e. The van der Waals surface area contributed by atoms with Crippen molar-refractivity contribution in [2.45, 2.75) is 13.8 Å². The predicted molar refractivity (Wildman–Crippen MR) is 65.0 cm³/mol. The van der Waals surface area contributed by atoms with Gasteiger partial charge in [0.2, 0.25) is 5.91 Å². The fourth-order valence-electron chi connectivity index (χ4n) is 1.42. The molecule has 0 aliphatic carbocycles. The Morgan fingerprint density at radius 3 is 2.47 bits per heavy atom. The molecule has 0 unspecified atom stereocenters. The Morgan fingerprint density at radius 1 is 1.29 bits per heavy atom. The molecule has 0 aromatic heterocycles. The number of amides is 1. The molecule has 0 fully saturated rings. The molecule has 0 saturated carbocycles. The van der Waals surface area contributed by atoms with E-state index in [0.29, 0.717) is 5.70 Å². The van der Waals surface area contributed by atoms with Gasteiger partial charge < -0.3 is 10.1 Å². The van der Waals surface area contributed by atoms with Crippen LogP contribution in [0, 0.1) is 6.92 Å². The van der Waals surface area contributed by atoms with Crippen LogP contribution < -0.4 is 5.32 Å². The quantitative estimate of drug-likeness (QED) is 0.638. The minimum Gasteiger partial charge on any atom is -0.466 e. The van der Waals surface area contributed by atoms with Gasteiger partial charge >= 0.3 is 5.97 Å². The summed E-state index contributed by atoms with van der Waals surface area (Å²) in [5, 5.41) is 2.62. The standard InChI is InChI=1S/C13H15NO3/c1-9-6-4-5-7-11(9)12(14-10(2)15)8-13(16)17-3/h4-8H,1-3H3,(H,14,15)/b12-8-. The van der Waals surface area contributed by atoms with Crippen LogP contribution in [0.4, 0.5) is 0 Å². The van der Waals surface area contributed by atoms with Crippen molar-refractivity contribution in [3.63, 3.8) is 0 Å². The van der Waals surface area contributed by atoms with Crippen molar-refractivity contribution in [1.82, 2.24) is 5.32 Å². The summed E-state index contributed by atoms with van der Waals surface area (Å²) in [5.74, 6) is -0.736. The predicted octanol–water partition coefficient (Wildman–Crippen LogP) is 1.65. The second kappa shape index (κ2) is 5.84. The van der Waals surface area contributed by atoms with Gasteiger partial charge in [-0.2, -0.15) is 0 Å². The van der Waals surface area contributed by atoms with Crippen LogP contribution in [0.25, 0.3) is 5.70 Å². The summed E-state index contributed by atoms with van der Waals surface area (Å²) in [6.45, 7) is 3.30. The number of benzene rings is 1. The molecule has 0 aliphatic rings. The topological polar surface area (TPSA) is 55.4 Å². The summed E-state index contributed by atoms with van der Waals surface area (Å²) in [6.07, 6.45) is 1.27. The van der Waals surface area contributed by atoms with Crippen molar-refractivity contribution in [1.29, 1.82) is 0 Å². The Bertz CT molecular complexity index is 463. The van der Waals surface area contributed by atoms with E-state index in [9.17, 15) is 9.59 Å². The second-order valence-electron chi connectivity index (χ2n) is 3.58. The van der Waals surface area contributed by atoms with Crippen molar-refractivity contribution in [3.05, 3.63) is 41.5 Å². The second-order valence-corrected chi connectivity index (χ2v) is 3.58. The number of hydrogen-bond acceptors (Lipinski definition) is 3. The van der Waals surface area contributed by atoms with Crippen LogP contribution >= 0.6 is 0 Å². The molecule has 4 heteroatoms. The highest BCUT2D eigenvalue weighted by molar-refractivity contribution is 5.95. The zero-order chi connectivity index (χ0) is 12.8. The first kappa shape index (κ1) is 13.0. The minimum atomic E-state index is -0.503. The molecule has 4 nitrogen and oxygen atoms in total. The zero-order valence-electron chi connectivity index (χ0n) is 10.1. The van der Waals surface area contributed by atoms with E-state index < -0.39 is 5.97 Å². The summed E-state index contributed by atoms with van der Waals surface area (Å²) in [4.78, 5) is 22.3. The van der Waals surface area contributed by atoms with Crippen molar-refractivity contribution >= 4 is 17.6 Å². The lowest BCUT2D eigenvalue weighted by Crippen LogP contribution is -2.19. The van der Waals surface area contributed by atoms with Gasteiger partial charge in [0.05, 0.1) is 12.8 Å². The molecule has 0 atom stereocenters. The number of nitrogens with one attached hydrogen (secondary N) is 1. The van der Waals surface area contributed by atoms with Crippen molar-refractivity contribution < 1.29 is 14.3 Å². The number of hydrogen-bond donors (Lipinski definition) is 1. The highest BCUT2D eigenvalue weighted by atomic mass is 16.5. The maximum Gasteiger partial charge on any atom is 0.332 e. The highest BCUT2D eigenvalue weighted by Crippen LogP contribution is 2.16. The molecule has 0 radical (unpaired) electrons. The Kier molecular flexibility index (Phi) is 4.46. The fraction of sp³-hybridized carbons (Fsp3) is 0.231. The number of carbonyl (C=O) groups is 2. The van der Waals surface area contributed by atoms with E-state index in [1.54, 1.807) is 0 Å². The molecular formula is C13H15NO3. The van der Waals surface area contributed by atoms with Crippen molar-refractivity contribution in [2.75, 3.05) is 7.11 Å². The van der Waals surface area contributed by atoms with E-state index >= 15 is 0 Å². The van der Waals surface area contributed by atoms with E-state index in [4.69, 9.17) is 0 Å². The maximum absolute atomic E-state index is 11.2. The summed E-state index contributed by atoms with van der Waals surface area (Å²) >= 11 is 0. The third kappa shape index (κ3) is 3.75. The summed E-state index contributed by atoms with van der Waals surface area (Å²) in [7, 11) is 1.29. The van der Waals surface area contributed by atoms with E-state index in [2.05, 4.69) is 10.1 Å². The number of esters is 1. The van der Waals surface area contributed by atoms with Gasteiger partial charge in [-0.15, -0.1) is 0 Å². The molecule has 0 spiro atoms. The fourth-order valence-corrected chi connectivity index (χ4v) is 1.42. The first-order valence-corrected chi connectivity index (χ1v) is 5.18. The van der Waals surface area contributed by atoms with Gasteiger partial charge in [0, 0.05) is 18.6 Å². The molecule has 0 heterocycles. The van der Waals surface area contributed by atoms with Crippen LogP contribution in [0.3, 0.4) is 0 Å².